The second-order valence-corrected chi connectivity index (χ2v) is 9.06. The summed E-state index contributed by atoms with van der Waals surface area (Å²) in [6.45, 7) is 11.6. The van der Waals surface area contributed by atoms with Gasteiger partial charge in [-0.25, -0.2) is 0 Å². The monoisotopic (exact) mass is 489 g/mol. The van der Waals surface area contributed by atoms with Crippen LogP contribution in [0.25, 0.3) is 28.0 Å². The number of aliphatic imine (C=N–C) groups is 1. The fourth-order valence-corrected chi connectivity index (χ4v) is 4.33. The third kappa shape index (κ3) is 5.36. The minimum Gasteiger partial charge on any atom is -0.496 e. The number of carbonyl (C=O) groups excluding carboxylic acids is 1. The molecule has 186 valence electrons. The normalized spacial score (nSPS) is 10.9. The van der Waals surface area contributed by atoms with Crippen LogP contribution in [0, 0.1) is 13.8 Å². The van der Waals surface area contributed by atoms with Crippen molar-refractivity contribution in [1.29, 1.82) is 0 Å². The number of rotatable bonds is 7. The maximum Gasteiger partial charge on any atom is 0.278 e. The Bertz CT molecular complexity index is 1510. The highest BCUT2D eigenvalue weighted by molar-refractivity contribution is 6.21. The van der Waals surface area contributed by atoms with Crippen LogP contribution in [0.15, 0.2) is 102 Å². The molecule has 1 aromatic heterocycles. The topological polar surface area (TPSA) is 56.5 Å². The van der Waals surface area contributed by atoms with Gasteiger partial charge in [0.05, 0.1) is 24.7 Å². The second-order valence-electron chi connectivity index (χ2n) is 9.06. The highest BCUT2D eigenvalue weighted by Crippen LogP contribution is 2.35. The number of hydrogen-bond donors (Lipinski definition) is 0. The molecule has 0 saturated heterocycles. The summed E-state index contributed by atoms with van der Waals surface area (Å²) in [7, 11) is 1.56. The number of aryl methyl sites for hydroxylation is 1. The lowest BCUT2D eigenvalue weighted by atomic mass is 9.97. The van der Waals surface area contributed by atoms with E-state index in [0.29, 0.717) is 11.3 Å². The van der Waals surface area contributed by atoms with Crippen LogP contribution in [0.5, 0.6) is 0 Å². The van der Waals surface area contributed by atoms with Gasteiger partial charge in [-0.3, -0.25) is 9.79 Å². The quantitative estimate of drug-likeness (QED) is 0.151. The molecule has 0 radical (unpaired) electrons. The molecule has 0 fully saturated rings. The van der Waals surface area contributed by atoms with Crippen molar-refractivity contribution in [3.8, 4) is 22.4 Å². The Kier molecular flexibility index (Phi) is 7.63. The molecule has 37 heavy (non-hydrogen) atoms. The summed E-state index contributed by atoms with van der Waals surface area (Å²) < 4.78 is 6.61. The molecule has 5 nitrogen and oxygen atoms in total. The van der Waals surface area contributed by atoms with Crippen molar-refractivity contribution in [2.75, 3.05) is 7.11 Å². The third-order valence-electron chi connectivity index (χ3n) is 6.23. The summed E-state index contributed by atoms with van der Waals surface area (Å²) >= 11 is 0. The van der Waals surface area contributed by atoms with E-state index in [1.54, 1.807) is 13.3 Å². The Morgan fingerprint density at radius 2 is 1.57 bits per heavy atom. The highest BCUT2D eigenvalue weighted by atomic mass is 16.5. The molecule has 0 unspecified atom stereocenters. The van der Waals surface area contributed by atoms with Crippen molar-refractivity contribution in [3.05, 3.63) is 114 Å². The van der Waals surface area contributed by atoms with E-state index in [0.717, 1.165) is 50.5 Å². The van der Waals surface area contributed by atoms with Crippen molar-refractivity contribution in [3.63, 3.8) is 0 Å². The van der Waals surface area contributed by atoms with Gasteiger partial charge in [0.25, 0.3) is 5.91 Å². The van der Waals surface area contributed by atoms with Gasteiger partial charge in [0, 0.05) is 16.7 Å². The van der Waals surface area contributed by atoms with Crippen LogP contribution in [-0.4, -0.2) is 29.0 Å². The van der Waals surface area contributed by atoms with E-state index in [-0.39, 0.29) is 5.91 Å². The zero-order valence-electron chi connectivity index (χ0n) is 21.9. The van der Waals surface area contributed by atoms with E-state index in [1.165, 1.54) is 4.68 Å². The number of nitrogens with zero attached hydrogens (tertiary/aromatic N) is 3. The molecule has 0 spiro atoms. The molecule has 0 amide bonds. The largest absolute Gasteiger partial charge is 0.496 e. The number of benzene rings is 3. The number of carbonyl (C=O) groups is 1. The van der Waals surface area contributed by atoms with Gasteiger partial charge in [-0.05, 0) is 56.5 Å². The van der Waals surface area contributed by atoms with Crippen molar-refractivity contribution >= 4 is 23.4 Å². The van der Waals surface area contributed by atoms with Gasteiger partial charge >= 0.3 is 0 Å². The second kappa shape index (κ2) is 11.0. The first kappa shape index (κ1) is 25.6. The van der Waals surface area contributed by atoms with Crippen LogP contribution >= 0.6 is 0 Å². The van der Waals surface area contributed by atoms with E-state index in [4.69, 9.17) is 9.84 Å². The molecular formula is C32H31N3O2. The molecule has 3 aromatic carbocycles. The van der Waals surface area contributed by atoms with Crippen molar-refractivity contribution in [2.45, 2.75) is 27.7 Å². The van der Waals surface area contributed by atoms with Crippen molar-refractivity contribution < 1.29 is 9.53 Å². The summed E-state index contributed by atoms with van der Waals surface area (Å²) in [5.41, 5.74) is 8.59. The SMILES string of the molecule is C=C(C=Nc1ccc(C(C(=O)n2nc(-c3ccccc3)c(-c3ccccc3)c2C)=C(C)C)cc1C)OC. The standard InChI is InChI=1S/C32H31N3O2/c1-21(2)29(27-17-18-28(22(3)19-27)33-20-23(4)37-6)32(36)35-24(5)30(25-13-9-7-10-14-25)31(34-35)26-15-11-8-12-16-26/h7-20H,4H2,1-3,5-6H3. The average molecular weight is 490 g/mol. The molecule has 0 bridgehead atoms. The maximum atomic E-state index is 14.1. The molecule has 0 aliphatic heterocycles. The summed E-state index contributed by atoms with van der Waals surface area (Å²) in [4.78, 5) is 18.5. The van der Waals surface area contributed by atoms with E-state index >= 15 is 0 Å². The lowest BCUT2D eigenvalue weighted by Gasteiger charge is -2.13. The Morgan fingerprint density at radius 3 is 2.14 bits per heavy atom. The third-order valence-corrected chi connectivity index (χ3v) is 6.23. The molecule has 5 heteroatoms. The Labute approximate surface area is 218 Å². The van der Waals surface area contributed by atoms with Crippen molar-refractivity contribution in [2.24, 2.45) is 4.99 Å². The van der Waals surface area contributed by atoms with Crippen LogP contribution in [0.4, 0.5) is 5.69 Å². The molecule has 0 aliphatic carbocycles. The van der Waals surface area contributed by atoms with Crippen molar-refractivity contribution in [1.82, 2.24) is 9.78 Å². The number of ether oxygens (including phenoxy) is 1. The first-order valence-electron chi connectivity index (χ1n) is 12.1. The smallest absolute Gasteiger partial charge is 0.278 e. The summed E-state index contributed by atoms with van der Waals surface area (Å²) in [6, 6.07) is 25.9. The number of methoxy groups -OCH3 is 1. The zero-order valence-corrected chi connectivity index (χ0v) is 21.9. The molecule has 0 aliphatic rings. The van der Waals surface area contributed by atoms with E-state index in [9.17, 15) is 4.79 Å². The van der Waals surface area contributed by atoms with Gasteiger partial charge in [0.1, 0.15) is 11.5 Å². The molecule has 4 rings (SSSR count). The lowest BCUT2D eigenvalue weighted by Crippen LogP contribution is -2.17. The van der Waals surface area contributed by atoms with Gasteiger partial charge in [0.15, 0.2) is 0 Å². The van der Waals surface area contributed by atoms with Gasteiger partial charge in [0.2, 0.25) is 0 Å². The van der Waals surface area contributed by atoms with E-state index < -0.39 is 0 Å². The van der Waals surface area contributed by atoms with Gasteiger partial charge < -0.3 is 4.74 Å². The molecule has 0 N–H and O–H groups in total. The van der Waals surface area contributed by atoms with E-state index in [1.807, 2.05) is 107 Å². The zero-order chi connectivity index (χ0) is 26.5. The first-order valence-corrected chi connectivity index (χ1v) is 12.1. The fourth-order valence-electron chi connectivity index (χ4n) is 4.33. The van der Waals surface area contributed by atoms with Crippen LogP contribution in [0.1, 0.15) is 35.5 Å². The van der Waals surface area contributed by atoms with Gasteiger partial charge in [-0.2, -0.15) is 9.78 Å². The van der Waals surface area contributed by atoms with Crippen LogP contribution in [-0.2, 0) is 4.74 Å². The molecule has 0 atom stereocenters. The summed E-state index contributed by atoms with van der Waals surface area (Å²) in [6.07, 6.45) is 1.58. The molecule has 4 aromatic rings. The van der Waals surface area contributed by atoms with Crippen LogP contribution < -0.4 is 0 Å². The predicted molar refractivity (Wildman–Crippen MR) is 152 cm³/mol. The number of hydrogen-bond acceptors (Lipinski definition) is 4. The summed E-state index contributed by atoms with van der Waals surface area (Å²) in [5, 5.41) is 4.87. The average Bonchev–Trinajstić information content (AvgIpc) is 3.25. The predicted octanol–water partition coefficient (Wildman–Crippen LogP) is 7.83. The highest BCUT2D eigenvalue weighted by Gasteiger charge is 2.25. The molecular weight excluding hydrogens is 458 g/mol. The van der Waals surface area contributed by atoms with Crippen LogP contribution in [0.2, 0.25) is 0 Å². The van der Waals surface area contributed by atoms with Gasteiger partial charge in [-0.1, -0.05) is 78.9 Å². The summed E-state index contributed by atoms with van der Waals surface area (Å²) in [5.74, 6) is 0.307. The fraction of sp³-hybridized carbons (Fsp3) is 0.156. The number of aromatic nitrogens is 2. The lowest BCUT2D eigenvalue weighted by molar-refractivity contribution is 0.0962. The minimum atomic E-state index is -0.166. The Hall–Kier alpha value is -4.51. The molecule has 1 heterocycles. The van der Waals surface area contributed by atoms with Gasteiger partial charge in [-0.15, -0.1) is 0 Å². The number of allylic oxidation sites excluding steroid dienone is 3. The Balaban J connectivity index is 1.81. The minimum absolute atomic E-state index is 0.166. The maximum absolute atomic E-state index is 14.1. The molecule has 0 saturated carbocycles. The first-order chi connectivity index (χ1) is 17.8. The van der Waals surface area contributed by atoms with Crippen LogP contribution in [0.3, 0.4) is 0 Å². The van der Waals surface area contributed by atoms with E-state index in [2.05, 4.69) is 11.6 Å². The Morgan fingerprint density at radius 1 is 0.946 bits per heavy atom.